The van der Waals surface area contributed by atoms with Crippen LogP contribution in [0.25, 0.3) is 11.4 Å². The van der Waals surface area contributed by atoms with Crippen molar-refractivity contribution in [3.8, 4) is 11.4 Å². The molecule has 1 aliphatic carbocycles. The van der Waals surface area contributed by atoms with Crippen LogP contribution in [0, 0.1) is 13.8 Å². The van der Waals surface area contributed by atoms with Gasteiger partial charge in [0.1, 0.15) is 6.33 Å². The summed E-state index contributed by atoms with van der Waals surface area (Å²) in [6.07, 6.45) is 8.29. The minimum atomic E-state index is 0.537. The van der Waals surface area contributed by atoms with Gasteiger partial charge < -0.3 is 10.3 Å². The van der Waals surface area contributed by atoms with Crippen LogP contribution >= 0.6 is 0 Å². The molecule has 1 heterocycles. The van der Waals surface area contributed by atoms with Crippen molar-refractivity contribution < 1.29 is 0 Å². The third kappa shape index (κ3) is 2.30. The maximum absolute atomic E-state index is 6.01. The summed E-state index contributed by atoms with van der Waals surface area (Å²) in [6.45, 7) is 4.22. The lowest BCUT2D eigenvalue weighted by atomic mass is 9.94. The number of nitrogens with two attached hydrogens (primary N) is 1. The fourth-order valence-electron chi connectivity index (χ4n) is 3.18. The number of benzene rings is 1. The van der Waals surface area contributed by atoms with Crippen molar-refractivity contribution in [3.63, 3.8) is 0 Å². The highest BCUT2D eigenvalue weighted by Gasteiger charge is 2.20. The summed E-state index contributed by atoms with van der Waals surface area (Å²) in [7, 11) is 0. The van der Waals surface area contributed by atoms with Gasteiger partial charge in [0.2, 0.25) is 0 Å². The first kappa shape index (κ1) is 13.2. The fraction of sp³-hybridized carbons (Fsp3) is 0.500. The molecule has 0 radical (unpaired) electrons. The van der Waals surface area contributed by atoms with Gasteiger partial charge in [-0.05, 0) is 49.9 Å². The molecule has 0 unspecified atom stereocenters. The van der Waals surface area contributed by atoms with Crippen LogP contribution in [0.4, 0.5) is 5.69 Å². The van der Waals surface area contributed by atoms with Gasteiger partial charge in [0.15, 0.2) is 5.82 Å². The van der Waals surface area contributed by atoms with E-state index in [4.69, 9.17) is 5.73 Å². The Morgan fingerprint density at radius 3 is 2.65 bits per heavy atom. The quantitative estimate of drug-likeness (QED) is 0.847. The van der Waals surface area contributed by atoms with Crippen LogP contribution in [-0.4, -0.2) is 14.8 Å². The number of anilines is 1. The van der Waals surface area contributed by atoms with Crippen LogP contribution < -0.4 is 5.73 Å². The Bertz CT molecular complexity index is 609. The molecule has 20 heavy (non-hydrogen) atoms. The second-order valence-corrected chi connectivity index (χ2v) is 5.86. The fourth-order valence-corrected chi connectivity index (χ4v) is 3.18. The molecule has 2 N–H and O–H groups in total. The molecule has 1 fully saturated rings. The molecule has 2 aromatic rings. The van der Waals surface area contributed by atoms with E-state index in [1.54, 1.807) is 0 Å². The Morgan fingerprint density at radius 2 is 1.90 bits per heavy atom. The number of nitrogen functional groups attached to an aromatic ring is 1. The topological polar surface area (TPSA) is 56.7 Å². The standard InChI is InChI=1S/C16H22N4/c1-11-8-13(17)9-15(12(11)2)16-19-18-10-20(16)14-6-4-3-5-7-14/h8-10,14H,3-7,17H2,1-2H3. The van der Waals surface area contributed by atoms with Crippen LogP contribution in [0.1, 0.15) is 49.3 Å². The molecule has 0 amide bonds. The second kappa shape index (κ2) is 5.27. The van der Waals surface area contributed by atoms with E-state index < -0.39 is 0 Å². The van der Waals surface area contributed by atoms with Gasteiger partial charge in [0, 0.05) is 17.3 Å². The van der Waals surface area contributed by atoms with Gasteiger partial charge in [-0.1, -0.05) is 19.3 Å². The van der Waals surface area contributed by atoms with Crippen molar-refractivity contribution in [3.05, 3.63) is 29.6 Å². The molecule has 0 bridgehead atoms. The van der Waals surface area contributed by atoms with Crippen molar-refractivity contribution in [1.29, 1.82) is 0 Å². The summed E-state index contributed by atoms with van der Waals surface area (Å²) >= 11 is 0. The van der Waals surface area contributed by atoms with Crippen LogP contribution in [0.5, 0.6) is 0 Å². The molecule has 106 valence electrons. The van der Waals surface area contributed by atoms with Gasteiger partial charge in [-0.3, -0.25) is 0 Å². The first-order valence-electron chi connectivity index (χ1n) is 7.43. The van der Waals surface area contributed by atoms with Crippen LogP contribution in [0.15, 0.2) is 18.5 Å². The first-order valence-corrected chi connectivity index (χ1v) is 7.43. The normalized spacial score (nSPS) is 16.5. The van der Waals surface area contributed by atoms with E-state index in [0.29, 0.717) is 6.04 Å². The number of hydrogen-bond acceptors (Lipinski definition) is 3. The Labute approximate surface area is 120 Å². The van der Waals surface area contributed by atoms with Crippen LogP contribution in [0.3, 0.4) is 0 Å². The molecule has 4 heteroatoms. The summed E-state index contributed by atoms with van der Waals surface area (Å²) in [5, 5.41) is 8.51. The van der Waals surface area contributed by atoms with E-state index >= 15 is 0 Å². The van der Waals surface area contributed by atoms with E-state index in [9.17, 15) is 0 Å². The van der Waals surface area contributed by atoms with E-state index in [-0.39, 0.29) is 0 Å². The lowest BCUT2D eigenvalue weighted by Crippen LogP contribution is -2.13. The van der Waals surface area contributed by atoms with Gasteiger partial charge in [-0.2, -0.15) is 0 Å². The van der Waals surface area contributed by atoms with Crippen molar-refractivity contribution in [2.24, 2.45) is 0 Å². The molecule has 1 aliphatic rings. The average molecular weight is 270 g/mol. The SMILES string of the molecule is Cc1cc(N)cc(-c2nncn2C2CCCCC2)c1C. The van der Waals surface area contributed by atoms with Crippen LogP contribution in [-0.2, 0) is 0 Å². The zero-order valence-corrected chi connectivity index (χ0v) is 12.3. The van der Waals surface area contributed by atoms with Crippen molar-refractivity contribution in [2.75, 3.05) is 5.73 Å². The highest BCUT2D eigenvalue weighted by Crippen LogP contribution is 2.33. The number of aryl methyl sites for hydroxylation is 1. The molecule has 0 aliphatic heterocycles. The molecule has 1 saturated carbocycles. The van der Waals surface area contributed by atoms with Crippen LogP contribution in [0.2, 0.25) is 0 Å². The first-order chi connectivity index (χ1) is 9.66. The number of rotatable bonds is 2. The molecule has 3 rings (SSSR count). The number of aromatic nitrogens is 3. The maximum atomic E-state index is 6.01. The third-order valence-corrected chi connectivity index (χ3v) is 4.47. The zero-order valence-electron chi connectivity index (χ0n) is 12.3. The highest BCUT2D eigenvalue weighted by molar-refractivity contribution is 5.67. The summed E-state index contributed by atoms with van der Waals surface area (Å²) < 4.78 is 2.25. The van der Waals surface area contributed by atoms with Gasteiger partial charge in [-0.15, -0.1) is 10.2 Å². The minimum Gasteiger partial charge on any atom is -0.399 e. The smallest absolute Gasteiger partial charge is 0.164 e. The number of nitrogens with zero attached hydrogens (tertiary/aromatic N) is 3. The van der Waals surface area contributed by atoms with Gasteiger partial charge in [0.05, 0.1) is 0 Å². The van der Waals surface area contributed by atoms with E-state index in [0.717, 1.165) is 17.1 Å². The second-order valence-electron chi connectivity index (χ2n) is 5.86. The summed E-state index contributed by atoms with van der Waals surface area (Å²) in [6, 6.07) is 4.57. The van der Waals surface area contributed by atoms with E-state index in [2.05, 4.69) is 28.6 Å². The molecule has 0 saturated heterocycles. The zero-order chi connectivity index (χ0) is 14.1. The monoisotopic (exact) mass is 270 g/mol. The third-order valence-electron chi connectivity index (χ3n) is 4.47. The predicted octanol–water partition coefficient (Wildman–Crippen LogP) is 3.65. The maximum Gasteiger partial charge on any atom is 0.164 e. The average Bonchev–Trinajstić information content (AvgIpc) is 2.93. The largest absolute Gasteiger partial charge is 0.399 e. The predicted molar refractivity (Wildman–Crippen MR) is 81.5 cm³/mol. The molecular formula is C16H22N4. The molecule has 0 atom stereocenters. The van der Waals surface area contributed by atoms with Gasteiger partial charge in [0.25, 0.3) is 0 Å². The Balaban J connectivity index is 2.05. The van der Waals surface area contributed by atoms with Gasteiger partial charge in [-0.25, -0.2) is 0 Å². The van der Waals surface area contributed by atoms with E-state index in [1.807, 2.05) is 18.5 Å². The minimum absolute atomic E-state index is 0.537. The molecule has 1 aromatic carbocycles. The Kier molecular flexibility index (Phi) is 3.47. The summed E-state index contributed by atoms with van der Waals surface area (Å²) in [5.74, 6) is 0.963. The molecule has 1 aromatic heterocycles. The van der Waals surface area contributed by atoms with Gasteiger partial charge >= 0.3 is 0 Å². The molecule has 4 nitrogen and oxygen atoms in total. The summed E-state index contributed by atoms with van der Waals surface area (Å²) in [4.78, 5) is 0. The number of hydrogen-bond donors (Lipinski definition) is 1. The lowest BCUT2D eigenvalue weighted by Gasteiger charge is -2.24. The summed E-state index contributed by atoms with van der Waals surface area (Å²) in [5.41, 5.74) is 10.4. The van der Waals surface area contributed by atoms with E-state index in [1.165, 1.54) is 43.2 Å². The molecular weight excluding hydrogens is 248 g/mol. The Morgan fingerprint density at radius 1 is 1.15 bits per heavy atom. The van der Waals surface area contributed by atoms with Crippen molar-refractivity contribution in [2.45, 2.75) is 52.0 Å². The lowest BCUT2D eigenvalue weighted by molar-refractivity contribution is 0.355. The molecule has 0 spiro atoms. The van der Waals surface area contributed by atoms with Crippen molar-refractivity contribution in [1.82, 2.24) is 14.8 Å². The highest BCUT2D eigenvalue weighted by atomic mass is 15.3. The van der Waals surface area contributed by atoms with Crippen molar-refractivity contribution >= 4 is 5.69 Å². The Hall–Kier alpha value is -1.84.